The fourth-order valence-corrected chi connectivity index (χ4v) is 3.64. The Balaban J connectivity index is 2.91. The van der Waals surface area contributed by atoms with Gasteiger partial charge in [-0.2, -0.15) is 11.3 Å². The second-order valence-corrected chi connectivity index (χ2v) is 9.25. The van der Waals surface area contributed by atoms with Crippen LogP contribution in [0.15, 0.2) is 16.8 Å². The van der Waals surface area contributed by atoms with Crippen LogP contribution in [0.2, 0.25) is 0 Å². The van der Waals surface area contributed by atoms with Gasteiger partial charge in [0.05, 0.1) is 23.0 Å². The van der Waals surface area contributed by atoms with Crippen LogP contribution >= 0.6 is 11.3 Å². The van der Waals surface area contributed by atoms with Gasteiger partial charge in [0.25, 0.3) is 0 Å². The summed E-state index contributed by atoms with van der Waals surface area (Å²) in [4.78, 5) is 12.0. The Morgan fingerprint density at radius 1 is 1.40 bits per heavy atom. The van der Waals surface area contributed by atoms with Crippen LogP contribution in [0.25, 0.3) is 0 Å². The van der Waals surface area contributed by atoms with Crippen LogP contribution in [0.3, 0.4) is 0 Å². The monoisotopic (exact) mass is 318 g/mol. The molecule has 0 N–H and O–H groups in total. The van der Waals surface area contributed by atoms with Crippen molar-refractivity contribution in [1.29, 1.82) is 0 Å². The molecule has 6 heteroatoms. The van der Waals surface area contributed by atoms with Crippen molar-refractivity contribution in [2.75, 3.05) is 12.4 Å². The molecule has 1 aromatic heterocycles. The van der Waals surface area contributed by atoms with Crippen molar-refractivity contribution in [2.45, 2.75) is 38.9 Å². The van der Waals surface area contributed by atoms with Gasteiger partial charge in [0, 0.05) is 0 Å². The van der Waals surface area contributed by atoms with E-state index in [1.165, 1.54) is 11.3 Å². The van der Waals surface area contributed by atoms with Gasteiger partial charge in [-0.1, -0.05) is 0 Å². The first-order chi connectivity index (χ1) is 9.17. The molecule has 0 amide bonds. The van der Waals surface area contributed by atoms with Gasteiger partial charge in [0.15, 0.2) is 9.84 Å². The summed E-state index contributed by atoms with van der Waals surface area (Å²) >= 11 is 1.53. The van der Waals surface area contributed by atoms with E-state index in [1.807, 2.05) is 16.8 Å². The Morgan fingerprint density at radius 3 is 2.50 bits per heavy atom. The van der Waals surface area contributed by atoms with Crippen molar-refractivity contribution in [3.05, 3.63) is 22.4 Å². The Hall–Kier alpha value is -0.880. The Kier molecular flexibility index (Phi) is 5.77. The lowest BCUT2D eigenvalue weighted by atomic mass is 10.0. The summed E-state index contributed by atoms with van der Waals surface area (Å²) in [6, 6.07) is 1.90. The fraction of sp³-hybridized carbons (Fsp3) is 0.643. The number of sulfone groups is 1. The quantitative estimate of drug-likeness (QED) is 0.757. The summed E-state index contributed by atoms with van der Waals surface area (Å²) in [6.45, 7) is 6.92. The lowest BCUT2D eigenvalue weighted by Crippen LogP contribution is -2.37. The number of carbonyl (C=O) groups is 1. The molecule has 114 valence electrons. The molecular weight excluding hydrogens is 296 g/mol. The molecule has 1 atom stereocenters. The molecule has 0 fully saturated rings. The molecule has 1 unspecified atom stereocenters. The molecule has 0 saturated heterocycles. The van der Waals surface area contributed by atoms with Crippen LogP contribution < -0.4 is 0 Å². The lowest BCUT2D eigenvalue weighted by Gasteiger charge is -2.23. The average Bonchev–Trinajstić information content (AvgIpc) is 2.79. The van der Waals surface area contributed by atoms with E-state index in [-0.39, 0.29) is 12.4 Å². The molecule has 1 aromatic rings. The van der Waals surface area contributed by atoms with Crippen molar-refractivity contribution in [3.8, 4) is 0 Å². The van der Waals surface area contributed by atoms with E-state index in [2.05, 4.69) is 0 Å². The van der Waals surface area contributed by atoms with Gasteiger partial charge in [-0.15, -0.1) is 0 Å². The van der Waals surface area contributed by atoms with E-state index in [0.717, 1.165) is 5.56 Å². The van der Waals surface area contributed by atoms with Crippen molar-refractivity contribution in [2.24, 2.45) is 5.92 Å². The highest BCUT2D eigenvalue weighted by molar-refractivity contribution is 7.92. The molecule has 0 bridgehead atoms. The molecule has 0 radical (unpaired) electrons. The van der Waals surface area contributed by atoms with Crippen molar-refractivity contribution < 1.29 is 17.9 Å². The number of carbonyl (C=O) groups excluding carboxylic acids is 1. The van der Waals surface area contributed by atoms with E-state index in [9.17, 15) is 13.2 Å². The molecule has 0 aliphatic carbocycles. The highest BCUT2D eigenvalue weighted by Crippen LogP contribution is 2.22. The topological polar surface area (TPSA) is 60.4 Å². The molecule has 20 heavy (non-hydrogen) atoms. The largest absolute Gasteiger partial charge is 0.466 e. The van der Waals surface area contributed by atoms with E-state index in [0.29, 0.717) is 6.42 Å². The van der Waals surface area contributed by atoms with Gasteiger partial charge < -0.3 is 4.74 Å². The predicted octanol–water partition coefficient (Wildman–Crippen LogP) is 2.68. The minimum absolute atomic E-state index is 0.175. The van der Waals surface area contributed by atoms with Crippen molar-refractivity contribution in [3.63, 3.8) is 0 Å². The molecule has 4 nitrogen and oxygen atoms in total. The molecule has 0 spiro atoms. The summed E-state index contributed by atoms with van der Waals surface area (Å²) in [5.41, 5.74) is 0.970. The van der Waals surface area contributed by atoms with Crippen LogP contribution in [0.5, 0.6) is 0 Å². The first-order valence-corrected chi connectivity index (χ1v) is 9.17. The summed E-state index contributed by atoms with van der Waals surface area (Å²) in [7, 11) is -3.36. The molecule has 0 aromatic carbocycles. The first-order valence-electron chi connectivity index (χ1n) is 6.57. The third kappa shape index (κ3) is 4.59. The van der Waals surface area contributed by atoms with Crippen LogP contribution in [0, 0.1) is 5.92 Å². The van der Waals surface area contributed by atoms with Crippen LogP contribution in [0.1, 0.15) is 33.3 Å². The van der Waals surface area contributed by atoms with Gasteiger partial charge in [-0.05, 0) is 56.5 Å². The molecule has 0 saturated carbocycles. The maximum absolute atomic E-state index is 12.3. The van der Waals surface area contributed by atoms with E-state index >= 15 is 0 Å². The van der Waals surface area contributed by atoms with Gasteiger partial charge in [-0.3, -0.25) is 4.79 Å². The zero-order valence-electron chi connectivity index (χ0n) is 12.4. The van der Waals surface area contributed by atoms with Gasteiger partial charge in [-0.25, -0.2) is 8.42 Å². The molecule has 0 aliphatic heterocycles. The van der Waals surface area contributed by atoms with Crippen LogP contribution in [0.4, 0.5) is 0 Å². The van der Waals surface area contributed by atoms with E-state index < -0.39 is 26.5 Å². The molecule has 0 aliphatic rings. The summed E-state index contributed by atoms with van der Waals surface area (Å²) in [5, 5.41) is 3.84. The Bertz CT molecular complexity index is 524. The highest BCUT2D eigenvalue weighted by Gasteiger charge is 2.35. The standard InChI is InChI=1S/C14H22O4S2/c1-5-18-13(15)12(8-11-6-7-19-9-11)10-20(16,17)14(2,3)4/h6-7,9,12H,5,8,10H2,1-4H3. The highest BCUT2D eigenvalue weighted by atomic mass is 32.2. The van der Waals surface area contributed by atoms with E-state index in [1.54, 1.807) is 27.7 Å². The average molecular weight is 318 g/mol. The zero-order chi connectivity index (χ0) is 15.4. The predicted molar refractivity (Wildman–Crippen MR) is 81.7 cm³/mol. The zero-order valence-corrected chi connectivity index (χ0v) is 14.0. The number of hydrogen-bond donors (Lipinski definition) is 0. The lowest BCUT2D eigenvalue weighted by molar-refractivity contribution is -0.147. The minimum atomic E-state index is -3.36. The first kappa shape index (κ1) is 17.2. The van der Waals surface area contributed by atoms with Gasteiger partial charge in [0.1, 0.15) is 0 Å². The maximum Gasteiger partial charge on any atom is 0.310 e. The van der Waals surface area contributed by atoms with Crippen molar-refractivity contribution in [1.82, 2.24) is 0 Å². The number of thiophene rings is 1. The van der Waals surface area contributed by atoms with Crippen LogP contribution in [-0.2, 0) is 25.8 Å². The Morgan fingerprint density at radius 2 is 2.05 bits per heavy atom. The SMILES string of the molecule is CCOC(=O)C(Cc1ccsc1)CS(=O)(=O)C(C)(C)C. The molecule has 1 heterocycles. The third-order valence-corrected chi connectivity index (χ3v) is 6.48. The summed E-state index contributed by atoms with van der Waals surface area (Å²) in [5.74, 6) is -1.26. The van der Waals surface area contributed by atoms with Gasteiger partial charge in [0.2, 0.25) is 0 Å². The second-order valence-electron chi connectivity index (χ2n) is 5.68. The fourth-order valence-electron chi connectivity index (χ4n) is 1.68. The van der Waals surface area contributed by atoms with Gasteiger partial charge >= 0.3 is 5.97 Å². The van der Waals surface area contributed by atoms with Crippen LogP contribution in [-0.4, -0.2) is 31.5 Å². The van der Waals surface area contributed by atoms with E-state index in [4.69, 9.17) is 4.74 Å². The maximum atomic E-state index is 12.3. The normalized spacial score (nSPS) is 14.0. The number of esters is 1. The summed E-state index contributed by atoms with van der Waals surface area (Å²) in [6.07, 6.45) is 0.400. The second kappa shape index (κ2) is 6.72. The minimum Gasteiger partial charge on any atom is -0.466 e. The number of hydrogen-bond acceptors (Lipinski definition) is 5. The number of ether oxygens (including phenoxy) is 1. The Labute approximate surface area is 125 Å². The molecular formula is C14H22O4S2. The van der Waals surface area contributed by atoms with Crippen molar-refractivity contribution >= 4 is 27.1 Å². The smallest absolute Gasteiger partial charge is 0.310 e. The summed E-state index contributed by atoms with van der Waals surface area (Å²) < 4.78 is 28.7. The number of rotatable bonds is 6. The third-order valence-electron chi connectivity index (χ3n) is 3.04. The molecule has 1 rings (SSSR count).